The van der Waals surface area contributed by atoms with Gasteiger partial charge in [-0.25, -0.2) is 14.4 Å². The molecule has 16 heteroatoms. The summed E-state index contributed by atoms with van der Waals surface area (Å²) < 4.78 is 45.2. The summed E-state index contributed by atoms with van der Waals surface area (Å²) in [6.07, 6.45) is 4.47. The Balaban J connectivity index is 0.000000127. The van der Waals surface area contributed by atoms with Gasteiger partial charge < -0.3 is 37.9 Å². The van der Waals surface area contributed by atoms with Gasteiger partial charge in [0.15, 0.2) is 58.7 Å². The van der Waals surface area contributed by atoms with Crippen molar-refractivity contribution in [3.63, 3.8) is 0 Å². The molecule has 138 heavy (non-hydrogen) atoms. The molecular weight excluding hydrogens is 1790 g/mol. The number of ether oxygens (including phenoxy) is 8. The largest absolute Gasteiger partial charge is 0.490 e. The van der Waals surface area contributed by atoms with E-state index in [-0.39, 0.29) is 99.8 Å². The second-order valence-electron chi connectivity index (χ2n) is 31.9. The summed E-state index contributed by atoms with van der Waals surface area (Å²) in [5, 5.41) is 4.02. The molecule has 0 radical (unpaired) electrons. The number of hydrogen-bond donors (Lipinski definition) is 0. The van der Waals surface area contributed by atoms with Gasteiger partial charge in [0, 0.05) is 0 Å². The second-order valence-corrected chi connectivity index (χ2v) is 40.0. The van der Waals surface area contributed by atoms with E-state index in [4.69, 9.17) is 37.9 Å². The van der Waals surface area contributed by atoms with E-state index in [0.29, 0.717) is 43.1 Å². The topological polar surface area (TPSA) is 142 Å². The zero-order chi connectivity index (χ0) is 94.1. The van der Waals surface area contributed by atoms with Crippen molar-refractivity contribution >= 4 is 94.6 Å². The highest BCUT2D eigenvalue weighted by molar-refractivity contribution is 7.98. The van der Waals surface area contributed by atoms with Gasteiger partial charge >= 0.3 is 23.9 Å². The molecule has 0 saturated carbocycles. The van der Waals surface area contributed by atoms with Gasteiger partial charge in [-0.1, -0.05) is 267 Å². The van der Waals surface area contributed by atoms with E-state index in [0.717, 1.165) is 80.5 Å². The van der Waals surface area contributed by atoms with Gasteiger partial charge in [-0.15, -0.1) is 0 Å². The lowest BCUT2D eigenvalue weighted by atomic mass is 10.0. The average Bonchev–Trinajstić information content (AvgIpc) is 1.59. The first-order chi connectivity index (χ1) is 68.2. The third-order valence-corrected chi connectivity index (χ3v) is 31.8. The summed E-state index contributed by atoms with van der Waals surface area (Å²) in [6, 6.07) is 160. The van der Waals surface area contributed by atoms with Crippen LogP contribution in [0.4, 0.5) is 0 Å². The highest BCUT2D eigenvalue weighted by Gasteiger charge is 2.34. The fourth-order valence-corrected chi connectivity index (χ4v) is 24.6. The molecule has 0 heterocycles. The average molecular weight is 1890 g/mol. The zero-order valence-corrected chi connectivity index (χ0v) is 79.3. The van der Waals surface area contributed by atoms with E-state index < -0.39 is 0 Å². The number of benzene rings is 18. The predicted molar refractivity (Wildman–Crippen MR) is 554 cm³/mol. The molecule has 2 aliphatic rings. The number of carbonyl (C=O) groups excluding carboxylic acids is 4. The zero-order valence-electron chi connectivity index (χ0n) is 76.0. The van der Waals surface area contributed by atoms with Crippen molar-refractivity contribution in [3.05, 3.63) is 513 Å². The molecule has 0 N–H and O–H groups in total. The number of rotatable bonds is 32. The first kappa shape index (κ1) is 94.5. The van der Waals surface area contributed by atoms with Crippen LogP contribution < -0.4 is 18.9 Å². The van der Waals surface area contributed by atoms with Crippen molar-refractivity contribution in [2.75, 3.05) is 52.9 Å². The van der Waals surface area contributed by atoms with E-state index in [1.165, 1.54) is 64.3 Å². The van der Waals surface area contributed by atoms with Crippen LogP contribution in [0.3, 0.4) is 0 Å². The Morgan fingerprint density at radius 1 is 0.246 bits per heavy atom. The summed E-state index contributed by atoms with van der Waals surface area (Å²) in [7, 11) is -0.755. The maximum Gasteiger partial charge on any atom is 0.338 e. The van der Waals surface area contributed by atoms with Crippen LogP contribution >= 0.6 is 0 Å². The number of hydrogen-bond acceptors (Lipinski definition) is 12. The number of carbonyl (C=O) groups is 4. The molecule has 0 aromatic heterocycles. The number of esters is 4. The summed E-state index contributed by atoms with van der Waals surface area (Å²) in [6.45, 7) is 2.05. The minimum atomic E-state index is -0.343. The number of aryl methyl sites for hydroxylation is 1. The van der Waals surface area contributed by atoms with Crippen LogP contribution in [-0.4, -0.2) is 76.7 Å². The molecule has 18 aromatic rings. The first-order valence-electron chi connectivity index (χ1n) is 46.0. The lowest BCUT2D eigenvalue weighted by Crippen LogP contribution is -2.17. The van der Waals surface area contributed by atoms with Gasteiger partial charge in [0.2, 0.25) is 0 Å². The Bertz CT molecular complexity index is 6820. The molecular formula is C122H102O12S4+4. The number of fused-ring (bicyclic) bond motifs is 4. The first-order valence-corrected chi connectivity index (χ1v) is 50.9. The van der Waals surface area contributed by atoms with E-state index in [9.17, 15) is 19.2 Å². The minimum absolute atomic E-state index is 0.149. The van der Waals surface area contributed by atoms with Gasteiger partial charge in [-0.2, -0.15) is 0 Å². The molecule has 0 saturated heterocycles. The van der Waals surface area contributed by atoms with E-state index in [1.54, 1.807) is 12.1 Å². The molecule has 1 unspecified atom stereocenters. The van der Waals surface area contributed by atoms with Crippen LogP contribution in [-0.2, 0) is 85.0 Å². The highest BCUT2D eigenvalue weighted by Crippen LogP contribution is 2.39. The fraction of sp³-hybridized carbons (Fsp3) is 0.0984. The normalized spacial score (nSPS) is 12.1. The van der Waals surface area contributed by atoms with E-state index >= 15 is 0 Å². The Kier molecular flexibility index (Phi) is 33.4. The maximum atomic E-state index is 12.6. The highest BCUT2D eigenvalue weighted by atomic mass is 32.2. The lowest BCUT2D eigenvalue weighted by molar-refractivity contribution is -0.146. The van der Waals surface area contributed by atoms with E-state index in [1.807, 2.05) is 218 Å². The molecule has 0 spiro atoms. The van der Waals surface area contributed by atoms with Crippen LogP contribution in [0.25, 0.3) is 27.1 Å². The molecule has 0 aliphatic heterocycles. The Labute approximate surface area is 817 Å². The van der Waals surface area contributed by atoms with Crippen molar-refractivity contribution in [2.45, 2.75) is 83.9 Å². The summed E-state index contributed by atoms with van der Waals surface area (Å²) in [5.41, 5.74) is 6.26. The smallest absolute Gasteiger partial charge is 0.338 e. The monoisotopic (exact) mass is 1890 g/mol. The maximum absolute atomic E-state index is 12.6. The third-order valence-electron chi connectivity index (χ3n) is 22.9. The molecule has 0 bridgehead atoms. The van der Waals surface area contributed by atoms with Crippen LogP contribution in [0.15, 0.2) is 538 Å². The molecule has 1 atom stereocenters. The van der Waals surface area contributed by atoms with Gasteiger partial charge in [-0.3, -0.25) is 4.79 Å². The summed E-state index contributed by atoms with van der Waals surface area (Å²) in [4.78, 5) is 65.1. The number of allylic oxidation sites excluding steroid dienone is 1. The minimum Gasteiger partial charge on any atom is -0.490 e. The Morgan fingerprint density at radius 3 is 0.964 bits per heavy atom. The predicted octanol–water partition coefficient (Wildman–Crippen LogP) is 27.1. The SMILES string of the molecule is O=C(OCCOc1ccc([S+](c2ccccc2)c2ccccc2)cc1)C1=CCc2ccccc21.O=C(OCCOc1ccc([S+](c2ccccc2)c2ccccc2)cc1)C1CCc2ccccc21.O=C(OCCOc1ccc([S+](c2ccccc2)c2ccccc2)cc1)c1ccc2ccccc2c1.O=C(OCCOc1ccc([S+](c2ccccc2)c2ccccc2)cc1)c1cccc2ccccc12. The molecule has 0 amide bonds. The standard InChI is InChI=1S/2C31H25O3S.C30H27O3S.C30H25O3S/c32-31(30-17-9-11-24-10-7-8-16-29(24)30)34-23-22-33-25-18-20-28(21-19-25)35(26-12-3-1-4-13-26)27-14-5-2-6-15-27;32-31(26-16-15-24-9-7-8-10-25(24)23-26)34-22-21-33-27-17-19-30(20-18-27)35(28-11-3-1-4-12-28)29-13-5-2-6-14-29;2*31-30(29-20-15-23-9-7-8-14-28(23)29)33-22-21-32-24-16-18-27(19-17-24)34(25-10-3-1-4-11-25)26-12-5-2-6-13-26/h1-21H,22-23H2;1-20,23H,21-22H2;1-14,16-19,29H,15,20-22H2;1-14,16-20H,15,21-22H2/q4*+1. The van der Waals surface area contributed by atoms with Crippen molar-refractivity contribution in [3.8, 4) is 23.0 Å². The van der Waals surface area contributed by atoms with Gasteiger partial charge in [0.1, 0.15) is 75.9 Å². The molecule has 20 rings (SSSR count). The van der Waals surface area contributed by atoms with E-state index in [2.05, 4.69) is 249 Å². The molecule has 12 nitrogen and oxygen atoms in total. The second kappa shape index (κ2) is 48.8. The van der Waals surface area contributed by atoms with Gasteiger partial charge in [0.25, 0.3) is 0 Å². The van der Waals surface area contributed by atoms with Crippen LogP contribution in [0.1, 0.15) is 55.3 Å². The van der Waals surface area contributed by atoms with Gasteiger partial charge in [-0.05, 0) is 275 Å². The van der Waals surface area contributed by atoms with Crippen molar-refractivity contribution in [1.29, 1.82) is 0 Å². The lowest BCUT2D eigenvalue weighted by Gasteiger charge is -2.12. The Morgan fingerprint density at radius 2 is 0.558 bits per heavy atom. The molecule has 682 valence electrons. The fourth-order valence-electron chi connectivity index (χ4n) is 16.3. The third kappa shape index (κ3) is 25.3. The molecule has 2 aliphatic carbocycles. The van der Waals surface area contributed by atoms with Crippen LogP contribution in [0.2, 0.25) is 0 Å². The van der Waals surface area contributed by atoms with Crippen LogP contribution in [0, 0.1) is 0 Å². The molecule has 18 aromatic carbocycles. The van der Waals surface area contributed by atoms with Crippen molar-refractivity contribution < 1.29 is 57.1 Å². The van der Waals surface area contributed by atoms with Crippen molar-refractivity contribution in [2.24, 2.45) is 0 Å². The van der Waals surface area contributed by atoms with Crippen molar-refractivity contribution in [1.82, 2.24) is 0 Å². The molecule has 0 fully saturated rings. The van der Waals surface area contributed by atoms with Crippen LogP contribution in [0.5, 0.6) is 23.0 Å². The quantitative estimate of drug-likeness (QED) is 0.0171. The van der Waals surface area contributed by atoms with Gasteiger partial charge in [0.05, 0.1) is 66.2 Å². The summed E-state index contributed by atoms with van der Waals surface area (Å²) in [5.74, 6) is 1.76. The summed E-state index contributed by atoms with van der Waals surface area (Å²) >= 11 is 0. The Hall–Kier alpha value is -15.3.